The van der Waals surface area contributed by atoms with E-state index in [9.17, 15) is 9.59 Å². The molecular formula is C16H15N3O2S. The van der Waals surface area contributed by atoms with Crippen LogP contribution in [0.2, 0.25) is 0 Å². The zero-order valence-electron chi connectivity index (χ0n) is 11.9. The third kappa shape index (κ3) is 3.28. The first-order valence-corrected chi connectivity index (χ1v) is 7.96. The second-order valence-electron chi connectivity index (χ2n) is 4.81. The van der Waals surface area contributed by atoms with Crippen molar-refractivity contribution in [2.45, 2.75) is 11.3 Å². The van der Waals surface area contributed by atoms with E-state index in [1.807, 2.05) is 30.3 Å². The molecule has 1 aliphatic heterocycles. The summed E-state index contributed by atoms with van der Waals surface area (Å²) in [5.74, 6) is 0.823. The van der Waals surface area contributed by atoms with E-state index in [1.54, 1.807) is 23.2 Å². The number of amides is 2. The lowest BCUT2D eigenvalue weighted by Crippen LogP contribution is -2.37. The number of carbonyl (C=O) groups excluding carboxylic acids is 2. The zero-order valence-corrected chi connectivity index (χ0v) is 12.7. The molecule has 6 heteroatoms. The lowest BCUT2D eigenvalue weighted by molar-refractivity contribution is -0.117. The summed E-state index contributed by atoms with van der Waals surface area (Å²) >= 11 is 1.54. The number of rotatable bonds is 4. The fraction of sp³-hybridized carbons (Fsp3) is 0.188. The largest absolute Gasteiger partial charge is 0.311 e. The smallest absolute Gasteiger partial charge is 0.237 e. The maximum atomic E-state index is 12.1. The number of nitrogens with zero attached hydrogens (tertiary/aromatic N) is 2. The number of anilines is 2. The van der Waals surface area contributed by atoms with Crippen LogP contribution in [0.15, 0.2) is 53.6 Å². The molecule has 0 atom stereocenters. The molecule has 5 nitrogen and oxygen atoms in total. The van der Waals surface area contributed by atoms with E-state index in [-0.39, 0.29) is 18.2 Å². The minimum Gasteiger partial charge on any atom is -0.311 e. The van der Waals surface area contributed by atoms with Crippen molar-refractivity contribution >= 4 is 35.1 Å². The fourth-order valence-corrected chi connectivity index (χ4v) is 3.19. The van der Waals surface area contributed by atoms with Crippen molar-refractivity contribution < 1.29 is 9.59 Å². The van der Waals surface area contributed by atoms with Crippen LogP contribution in [0, 0.1) is 0 Å². The number of pyridine rings is 1. The van der Waals surface area contributed by atoms with Gasteiger partial charge in [-0.2, -0.15) is 0 Å². The van der Waals surface area contributed by atoms with E-state index in [2.05, 4.69) is 10.3 Å². The highest BCUT2D eigenvalue weighted by Crippen LogP contribution is 2.34. The number of hydrogen-bond acceptors (Lipinski definition) is 4. The van der Waals surface area contributed by atoms with Crippen LogP contribution in [0.25, 0.3) is 0 Å². The Balaban J connectivity index is 1.64. The third-order valence-corrected chi connectivity index (χ3v) is 4.35. The molecule has 0 saturated carbocycles. The molecule has 1 aliphatic rings. The number of nitrogens with one attached hydrogen (secondary N) is 1. The van der Waals surface area contributed by atoms with Crippen molar-refractivity contribution in [1.29, 1.82) is 0 Å². The van der Waals surface area contributed by atoms with Gasteiger partial charge in [-0.25, -0.2) is 4.98 Å². The van der Waals surface area contributed by atoms with E-state index in [0.29, 0.717) is 18.1 Å². The van der Waals surface area contributed by atoms with E-state index in [1.165, 1.54) is 11.8 Å². The average Bonchev–Trinajstić information content (AvgIpc) is 2.55. The number of thioether (sulfide) groups is 1. The Morgan fingerprint density at radius 1 is 1.23 bits per heavy atom. The molecule has 2 heterocycles. The molecule has 0 unspecified atom stereocenters. The lowest BCUT2D eigenvalue weighted by atomic mass is 10.2. The summed E-state index contributed by atoms with van der Waals surface area (Å²) in [6.07, 6.45) is 1.86. The van der Waals surface area contributed by atoms with E-state index < -0.39 is 0 Å². The van der Waals surface area contributed by atoms with Crippen molar-refractivity contribution in [1.82, 2.24) is 4.98 Å². The van der Waals surface area contributed by atoms with Crippen molar-refractivity contribution in [3.05, 3.63) is 48.7 Å². The monoisotopic (exact) mass is 313 g/mol. The summed E-state index contributed by atoms with van der Waals surface area (Å²) in [4.78, 5) is 30.9. The van der Waals surface area contributed by atoms with Crippen molar-refractivity contribution in [3.8, 4) is 0 Å². The van der Waals surface area contributed by atoms with Gasteiger partial charge in [-0.3, -0.25) is 9.59 Å². The van der Waals surface area contributed by atoms with Crippen molar-refractivity contribution in [3.63, 3.8) is 0 Å². The van der Waals surface area contributed by atoms with Gasteiger partial charge in [-0.15, -0.1) is 11.8 Å². The predicted octanol–water partition coefficient (Wildman–Crippen LogP) is 2.55. The molecule has 1 aromatic carbocycles. The summed E-state index contributed by atoms with van der Waals surface area (Å²) in [7, 11) is 0. The minimum atomic E-state index is -0.151. The molecule has 22 heavy (non-hydrogen) atoms. The van der Waals surface area contributed by atoms with Gasteiger partial charge >= 0.3 is 0 Å². The van der Waals surface area contributed by atoms with Gasteiger partial charge in [-0.1, -0.05) is 18.2 Å². The predicted molar refractivity (Wildman–Crippen MR) is 87.0 cm³/mol. The van der Waals surface area contributed by atoms with Gasteiger partial charge < -0.3 is 10.2 Å². The molecule has 1 N–H and O–H groups in total. The maximum Gasteiger partial charge on any atom is 0.237 e. The number of para-hydroxylation sites is 1. The molecule has 0 fully saturated rings. The standard InChI is InChI=1S/C16H15N3O2S/c20-15(18-14-7-3-4-9-17-14)8-10-19-12-5-1-2-6-13(12)22-11-16(19)21/h1-7,9H,8,10-11H2,(H,17,18,20). The normalized spacial score (nSPS) is 13.6. The Kier molecular flexibility index (Phi) is 4.39. The number of carbonyl (C=O) groups is 2. The van der Waals surface area contributed by atoms with Gasteiger partial charge in [-0.05, 0) is 24.3 Å². The summed E-state index contributed by atoms with van der Waals surface area (Å²) in [5, 5.41) is 2.73. The lowest BCUT2D eigenvalue weighted by Gasteiger charge is -2.28. The van der Waals surface area contributed by atoms with Gasteiger partial charge in [0.05, 0.1) is 11.4 Å². The fourth-order valence-electron chi connectivity index (χ4n) is 2.25. The summed E-state index contributed by atoms with van der Waals surface area (Å²) < 4.78 is 0. The summed E-state index contributed by atoms with van der Waals surface area (Å²) in [5.41, 5.74) is 0.884. The Morgan fingerprint density at radius 2 is 2.05 bits per heavy atom. The number of hydrogen-bond donors (Lipinski definition) is 1. The minimum absolute atomic E-state index is 0.0364. The molecular weight excluding hydrogens is 298 g/mol. The molecule has 1 aromatic heterocycles. The molecule has 0 bridgehead atoms. The van der Waals surface area contributed by atoms with E-state index >= 15 is 0 Å². The van der Waals surface area contributed by atoms with Crippen molar-refractivity contribution in [2.75, 3.05) is 22.5 Å². The van der Waals surface area contributed by atoms with Gasteiger partial charge in [0.15, 0.2) is 0 Å². The van der Waals surface area contributed by atoms with Crippen LogP contribution >= 0.6 is 11.8 Å². The first-order valence-electron chi connectivity index (χ1n) is 6.97. The molecule has 0 radical (unpaired) electrons. The molecule has 2 aromatic rings. The highest BCUT2D eigenvalue weighted by atomic mass is 32.2. The SMILES string of the molecule is O=C(CCN1C(=O)CSc2ccccc21)Nc1ccccn1. The summed E-state index contributed by atoms with van der Waals surface area (Å²) in [6, 6.07) is 13.1. The molecule has 3 rings (SSSR count). The highest BCUT2D eigenvalue weighted by molar-refractivity contribution is 8.00. The van der Waals surface area contributed by atoms with E-state index in [0.717, 1.165) is 10.6 Å². The van der Waals surface area contributed by atoms with E-state index in [4.69, 9.17) is 0 Å². The van der Waals surface area contributed by atoms with Gasteiger partial charge in [0, 0.05) is 24.1 Å². The van der Waals surface area contributed by atoms with Gasteiger partial charge in [0.2, 0.25) is 11.8 Å². The number of aromatic nitrogens is 1. The van der Waals surface area contributed by atoms with Gasteiger partial charge in [0.25, 0.3) is 0 Å². The van der Waals surface area contributed by atoms with Crippen LogP contribution in [-0.2, 0) is 9.59 Å². The van der Waals surface area contributed by atoms with Crippen molar-refractivity contribution in [2.24, 2.45) is 0 Å². The van der Waals surface area contributed by atoms with Crippen LogP contribution in [-0.4, -0.2) is 29.1 Å². The van der Waals surface area contributed by atoms with Crippen LogP contribution in [0.1, 0.15) is 6.42 Å². The summed E-state index contributed by atoms with van der Waals surface area (Å²) in [6.45, 7) is 0.370. The average molecular weight is 313 g/mol. The second-order valence-corrected chi connectivity index (χ2v) is 5.83. The van der Waals surface area contributed by atoms with Crippen LogP contribution in [0.3, 0.4) is 0 Å². The maximum absolute atomic E-state index is 12.1. The van der Waals surface area contributed by atoms with Gasteiger partial charge in [0.1, 0.15) is 5.82 Å². The van der Waals surface area contributed by atoms with Crippen LogP contribution < -0.4 is 10.2 Å². The Labute approximate surface area is 132 Å². The molecule has 2 amide bonds. The molecule has 0 spiro atoms. The second kappa shape index (κ2) is 6.62. The Morgan fingerprint density at radius 3 is 2.86 bits per heavy atom. The molecule has 0 saturated heterocycles. The van der Waals surface area contributed by atoms with Crippen LogP contribution in [0.5, 0.6) is 0 Å². The topological polar surface area (TPSA) is 62.3 Å². The third-order valence-electron chi connectivity index (χ3n) is 3.30. The quantitative estimate of drug-likeness (QED) is 0.942. The Bertz CT molecular complexity index is 691. The number of fused-ring (bicyclic) bond motifs is 1. The first-order chi connectivity index (χ1) is 10.7. The number of benzene rings is 1. The van der Waals surface area contributed by atoms with Crippen LogP contribution in [0.4, 0.5) is 11.5 Å². The molecule has 0 aliphatic carbocycles. The highest BCUT2D eigenvalue weighted by Gasteiger charge is 2.24. The zero-order chi connectivity index (χ0) is 15.4. The first kappa shape index (κ1) is 14.6. The Hall–Kier alpha value is -2.34. The molecule has 112 valence electrons.